The van der Waals surface area contributed by atoms with Crippen LogP contribution in [0.2, 0.25) is 0 Å². The topological polar surface area (TPSA) is 29.9 Å². The predicted octanol–water partition coefficient (Wildman–Crippen LogP) is 3.24. The van der Waals surface area contributed by atoms with Crippen LogP contribution >= 0.6 is 0 Å². The van der Waals surface area contributed by atoms with Gasteiger partial charge in [0.25, 0.3) is 0 Å². The SMILES string of the molecule is Cc1cc(C)c(C(C)NCCc2ccnn2C)c(C)c1. The molecule has 3 nitrogen and oxygen atoms in total. The van der Waals surface area contributed by atoms with Crippen LogP contribution in [0.3, 0.4) is 0 Å². The summed E-state index contributed by atoms with van der Waals surface area (Å²) in [6.45, 7) is 9.77. The summed E-state index contributed by atoms with van der Waals surface area (Å²) in [5, 5.41) is 7.82. The Labute approximate surface area is 122 Å². The molecule has 0 spiro atoms. The van der Waals surface area contributed by atoms with Crippen LogP contribution in [0.5, 0.6) is 0 Å². The van der Waals surface area contributed by atoms with Crippen LogP contribution in [0.4, 0.5) is 0 Å². The van der Waals surface area contributed by atoms with Crippen LogP contribution in [0.15, 0.2) is 24.4 Å². The van der Waals surface area contributed by atoms with E-state index in [1.54, 1.807) is 0 Å². The van der Waals surface area contributed by atoms with E-state index in [-0.39, 0.29) is 0 Å². The lowest BCUT2D eigenvalue weighted by Crippen LogP contribution is -2.23. The number of hydrogen-bond donors (Lipinski definition) is 1. The Bertz CT molecular complexity index is 561. The summed E-state index contributed by atoms with van der Waals surface area (Å²) >= 11 is 0. The second kappa shape index (κ2) is 6.23. The molecule has 1 atom stereocenters. The van der Waals surface area contributed by atoms with Crippen molar-refractivity contribution >= 4 is 0 Å². The number of aryl methyl sites for hydroxylation is 4. The molecule has 1 N–H and O–H groups in total. The van der Waals surface area contributed by atoms with E-state index >= 15 is 0 Å². The Morgan fingerprint density at radius 2 is 1.85 bits per heavy atom. The molecule has 2 rings (SSSR count). The zero-order chi connectivity index (χ0) is 14.7. The fourth-order valence-electron chi connectivity index (χ4n) is 3.04. The maximum atomic E-state index is 4.20. The van der Waals surface area contributed by atoms with Gasteiger partial charge >= 0.3 is 0 Å². The summed E-state index contributed by atoms with van der Waals surface area (Å²) in [6, 6.07) is 6.99. The lowest BCUT2D eigenvalue weighted by molar-refractivity contribution is 0.560. The molecule has 0 bridgehead atoms. The summed E-state index contributed by atoms with van der Waals surface area (Å²) in [6.07, 6.45) is 2.86. The van der Waals surface area contributed by atoms with Gasteiger partial charge in [-0.3, -0.25) is 4.68 Å². The highest BCUT2D eigenvalue weighted by molar-refractivity contribution is 5.39. The third kappa shape index (κ3) is 3.28. The standard InChI is InChI=1S/C17H25N3/c1-12-10-13(2)17(14(3)11-12)15(4)18-8-6-16-7-9-19-20(16)5/h7,9-11,15,18H,6,8H2,1-5H3. The molecule has 0 aliphatic carbocycles. The second-order valence-corrected chi connectivity index (χ2v) is 5.68. The third-order valence-electron chi connectivity index (χ3n) is 3.93. The minimum absolute atomic E-state index is 0.379. The first-order valence-electron chi connectivity index (χ1n) is 7.27. The molecule has 1 unspecified atom stereocenters. The van der Waals surface area contributed by atoms with Crippen LogP contribution in [0.25, 0.3) is 0 Å². The first kappa shape index (κ1) is 14.8. The first-order valence-corrected chi connectivity index (χ1v) is 7.27. The number of nitrogens with one attached hydrogen (secondary N) is 1. The summed E-state index contributed by atoms with van der Waals surface area (Å²) in [5.41, 5.74) is 6.79. The Kier molecular flexibility index (Phi) is 4.61. The maximum Gasteiger partial charge on any atom is 0.0492 e. The van der Waals surface area contributed by atoms with Crippen molar-refractivity contribution < 1.29 is 0 Å². The normalized spacial score (nSPS) is 12.7. The van der Waals surface area contributed by atoms with Crippen molar-refractivity contribution in [3.05, 3.63) is 52.3 Å². The molecule has 1 aromatic carbocycles. The van der Waals surface area contributed by atoms with Crippen LogP contribution in [-0.4, -0.2) is 16.3 Å². The Morgan fingerprint density at radius 3 is 2.40 bits per heavy atom. The minimum atomic E-state index is 0.379. The Hall–Kier alpha value is -1.61. The fraction of sp³-hybridized carbons (Fsp3) is 0.471. The van der Waals surface area contributed by atoms with Gasteiger partial charge in [-0.25, -0.2) is 0 Å². The molecule has 0 aliphatic rings. The molecule has 2 aromatic rings. The third-order valence-corrected chi connectivity index (χ3v) is 3.93. The molecule has 20 heavy (non-hydrogen) atoms. The lowest BCUT2D eigenvalue weighted by atomic mass is 9.95. The molecule has 0 fully saturated rings. The van der Waals surface area contributed by atoms with Gasteiger partial charge in [0.05, 0.1) is 0 Å². The highest BCUT2D eigenvalue weighted by Gasteiger charge is 2.11. The number of aromatic nitrogens is 2. The Balaban J connectivity index is 1.99. The molecular weight excluding hydrogens is 246 g/mol. The van der Waals surface area contributed by atoms with Crippen molar-refractivity contribution in [2.45, 2.75) is 40.2 Å². The summed E-state index contributed by atoms with van der Waals surface area (Å²) in [4.78, 5) is 0. The van der Waals surface area contributed by atoms with Crippen molar-refractivity contribution in [2.75, 3.05) is 6.54 Å². The Morgan fingerprint density at radius 1 is 1.20 bits per heavy atom. The van der Waals surface area contributed by atoms with E-state index in [1.165, 1.54) is 27.9 Å². The number of hydrogen-bond acceptors (Lipinski definition) is 2. The van der Waals surface area contributed by atoms with Gasteiger partial charge in [0.1, 0.15) is 0 Å². The molecule has 1 heterocycles. The first-order chi connectivity index (χ1) is 9.49. The quantitative estimate of drug-likeness (QED) is 0.904. The zero-order valence-electron chi connectivity index (χ0n) is 13.2. The highest BCUT2D eigenvalue weighted by atomic mass is 15.3. The van der Waals surface area contributed by atoms with Gasteiger partial charge in [0.15, 0.2) is 0 Å². The van der Waals surface area contributed by atoms with Gasteiger partial charge in [-0.1, -0.05) is 17.7 Å². The van der Waals surface area contributed by atoms with Gasteiger partial charge in [-0.2, -0.15) is 5.10 Å². The van der Waals surface area contributed by atoms with Crippen LogP contribution in [0.1, 0.15) is 40.9 Å². The van der Waals surface area contributed by atoms with Gasteiger partial charge < -0.3 is 5.32 Å². The van der Waals surface area contributed by atoms with Gasteiger partial charge in [-0.05, 0) is 50.5 Å². The van der Waals surface area contributed by atoms with Crippen LogP contribution in [0, 0.1) is 20.8 Å². The number of rotatable bonds is 5. The van der Waals surface area contributed by atoms with Crippen molar-refractivity contribution in [3.8, 4) is 0 Å². The summed E-state index contributed by atoms with van der Waals surface area (Å²) in [7, 11) is 1.99. The minimum Gasteiger partial charge on any atom is -0.310 e. The van der Waals surface area contributed by atoms with E-state index in [0.29, 0.717) is 6.04 Å². The number of nitrogens with zero attached hydrogens (tertiary/aromatic N) is 2. The second-order valence-electron chi connectivity index (χ2n) is 5.68. The largest absolute Gasteiger partial charge is 0.310 e. The van der Waals surface area contributed by atoms with Crippen molar-refractivity contribution in [3.63, 3.8) is 0 Å². The highest BCUT2D eigenvalue weighted by Crippen LogP contribution is 2.23. The molecule has 0 saturated heterocycles. The average molecular weight is 271 g/mol. The number of benzene rings is 1. The van der Waals surface area contributed by atoms with Gasteiger partial charge in [0, 0.05) is 37.9 Å². The monoisotopic (exact) mass is 271 g/mol. The van der Waals surface area contributed by atoms with E-state index in [4.69, 9.17) is 0 Å². The zero-order valence-corrected chi connectivity index (χ0v) is 13.2. The van der Waals surface area contributed by atoms with E-state index in [2.05, 4.69) is 56.3 Å². The molecule has 0 radical (unpaired) electrons. The van der Waals surface area contributed by atoms with Crippen LogP contribution in [-0.2, 0) is 13.5 Å². The van der Waals surface area contributed by atoms with Crippen molar-refractivity contribution in [1.29, 1.82) is 0 Å². The maximum absolute atomic E-state index is 4.20. The van der Waals surface area contributed by atoms with Crippen LogP contribution < -0.4 is 5.32 Å². The molecule has 0 aliphatic heterocycles. The average Bonchev–Trinajstić information content (AvgIpc) is 2.74. The van der Waals surface area contributed by atoms with E-state index < -0.39 is 0 Å². The van der Waals surface area contributed by atoms with Gasteiger partial charge in [0.2, 0.25) is 0 Å². The summed E-state index contributed by atoms with van der Waals surface area (Å²) < 4.78 is 1.94. The smallest absolute Gasteiger partial charge is 0.0492 e. The molecule has 0 saturated carbocycles. The fourth-order valence-corrected chi connectivity index (χ4v) is 3.04. The van der Waals surface area contributed by atoms with Crippen molar-refractivity contribution in [2.24, 2.45) is 7.05 Å². The molecule has 3 heteroatoms. The molecule has 0 amide bonds. The predicted molar refractivity (Wildman–Crippen MR) is 84.0 cm³/mol. The van der Waals surface area contributed by atoms with Gasteiger partial charge in [-0.15, -0.1) is 0 Å². The van der Waals surface area contributed by atoms with E-state index in [1.807, 2.05) is 17.9 Å². The molecular formula is C17H25N3. The van der Waals surface area contributed by atoms with Crippen molar-refractivity contribution in [1.82, 2.24) is 15.1 Å². The molecule has 108 valence electrons. The molecule has 1 aromatic heterocycles. The van der Waals surface area contributed by atoms with E-state index in [0.717, 1.165) is 13.0 Å². The van der Waals surface area contributed by atoms with E-state index in [9.17, 15) is 0 Å². The summed E-state index contributed by atoms with van der Waals surface area (Å²) in [5.74, 6) is 0. The lowest BCUT2D eigenvalue weighted by Gasteiger charge is -2.20.